The molecule has 3 N–H and O–H groups in total. The molecule has 0 aromatic rings. The summed E-state index contributed by atoms with van der Waals surface area (Å²) in [5.74, 6) is 0.0185. The molecule has 0 aliphatic rings. The van der Waals surface area contributed by atoms with Crippen molar-refractivity contribution in [3.05, 3.63) is 0 Å². The third-order valence-corrected chi connectivity index (χ3v) is 1.35. The second-order valence-electron chi connectivity index (χ2n) is 4.46. The smallest absolute Gasteiger partial charge is 0.422 e. The average Bonchev–Trinajstić information content (AvgIpc) is 1.96. The number of hydrogen-bond acceptors (Lipinski definition) is 4. The van der Waals surface area contributed by atoms with E-state index in [0.29, 0.717) is 0 Å². The molecular formula is C9H20N2O3. The van der Waals surface area contributed by atoms with E-state index in [9.17, 15) is 9.90 Å². The van der Waals surface area contributed by atoms with Crippen LogP contribution in [0, 0.1) is 5.92 Å². The number of carbonyl (C=O) groups excluding carboxylic acids is 1. The van der Waals surface area contributed by atoms with Gasteiger partial charge in [-0.3, -0.25) is 5.43 Å². The van der Waals surface area contributed by atoms with Crippen molar-refractivity contribution in [2.24, 2.45) is 5.92 Å². The van der Waals surface area contributed by atoms with Crippen molar-refractivity contribution in [2.45, 2.75) is 46.4 Å². The third kappa shape index (κ3) is 6.68. The number of nitrogens with one attached hydrogen (secondary N) is 2. The predicted molar refractivity (Wildman–Crippen MR) is 53.4 cm³/mol. The molecule has 0 rings (SSSR count). The summed E-state index contributed by atoms with van der Waals surface area (Å²) in [5, 5.41) is 9.29. The summed E-state index contributed by atoms with van der Waals surface area (Å²) in [6, 6.07) is 0. The van der Waals surface area contributed by atoms with E-state index in [-0.39, 0.29) is 5.92 Å². The third-order valence-electron chi connectivity index (χ3n) is 1.35. The summed E-state index contributed by atoms with van der Waals surface area (Å²) in [7, 11) is 0. The molecule has 84 valence electrons. The van der Waals surface area contributed by atoms with Gasteiger partial charge in [0, 0.05) is 0 Å². The molecule has 0 aromatic carbocycles. The van der Waals surface area contributed by atoms with E-state index in [0.717, 1.165) is 0 Å². The Labute approximate surface area is 84.8 Å². The number of aliphatic hydroxyl groups is 1. The van der Waals surface area contributed by atoms with E-state index in [1.54, 1.807) is 20.8 Å². The van der Waals surface area contributed by atoms with Crippen LogP contribution >= 0.6 is 0 Å². The lowest BCUT2D eigenvalue weighted by atomic mass is 10.2. The van der Waals surface area contributed by atoms with Crippen molar-refractivity contribution in [3.63, 3.8) is 0 Å². The lowest BCUT2D eigenvalue weighted by Crippen LogP contribution is -2.48. The summed E-state index contributed by atoms with van der Waals surface area (Å²) in [6.45, 7) is 8.96. The quantitative estimate of drug-likeness (QED) is 0.473. The van der Waals surface area contributed by atoms with Crippen LogP contribution < -0.4 is 10.9 Å². The van der Waals surface area contributed by atoms with Crippen molar-refractivity contribution in [2.75, 3.05) is 0 Å². The fraction of sp³-hybridized carbons (Fsp3) is 0.889. The Morgan fingerprint density at radius 2 is 1.86 bits per heavy atom. The minimum absolute atomic E-state index is 0.0185. The number of hydrazine groups is 1. The van der Waals surface area contributed by atoms with Crippen LogP contribution in [0.3, 0.4) is 0 Å². The molecule has 0 bridgehead atoms. The number of ether oxygens (including phenoxy) is 1. The van der Waals surface area contributed by atoms with E-state index >= 15 is 0 Å². The van der Waals surface area contributed by atoms with Gasteiger partial charge in [-0.1, -0.05) is 13.8 Å². The van der Waals surface area contributed by atoms with Gasteiger partial charge in [0.2, 0.25) is 0 Å². The van der Waals surface area contributed by atoms with E-state index in [1.807, 2.05) is 13.8 Å². The average molecular weight is 204 g/mol. The molecule has 14 heavy (non-hydrogen) atoms. The summed E-state index contributed by atoms with van der Waals surface area (Å²) in [4.78, 5) is 11.1. The maximum absolute atomic E-state index is 11.1. The Bertz CT molecular complexity index is 187. The van der Waals surface area contributed by atoms with Gasteiger partial charge in [0.05, 0.1) is 0 Å². The van der Waals surface area contributed by atoms with Crippen LogP contribution in [0.25, 0.3) is 0 Å². The SMILES string of the molecule is CC(C)C(O)NNC(=O)OC(C)(C)C. The number of amides is 1. The standard InChI is InChI=1S/C9H20N2O3/c1-6(2)7(12)10-11-8(13)14-9(3,4)5/h6-7,10,12H,1-5H3,(H,11,13). The van der Waals surface area contributed by atoms with Gasteiger partial charge in [-0.05, 0) is 26.7 Å². The van der Waals surface area contributed by atoms with Crippen molar-refractivity contribution in [1.29, 1.82) is 0 Å². The van der Waals surface area contributed by atoms with Crippen LogP contribution in [0.5, 0.6) is 0 Å². The van der Waals surface area contributed by atoms with Crippen LogP contribution in [0.15, 0.2) is 0 Å². The number of aliphatic hydroxyl groups excluding tert-OH is 1. The molecule has 1 unspecified atom stereocenters. The normalized spacial score (nSPS) is 13.9. The number of rotatable bonds is 3. The van der Waals surface area contributed by atoms with Gasteiger partial charge in [0.25, 0.3) is 0 Å². The van der Waals surface area contributed by atoms with Crippen molar-refractivity contribution in [3.8, 4) is 0 Å². The lowest BCUT2D eigenvalue weighted by Gasteiger charge is -2.22. The summed E-state index contributed by atoms with van der Waals surface area (Å²) < 4.78 is 4.94. The first kappa shape index (κ1) is 13.2. The zero-order valence-electron chi connectivity index (χ0n) is 9.42. The first-order valence-corrected chi connectivity index (χ1v) is 4.65. The zero-order valence-corrected chi connectivity index (χ0v) is 9.42. The second-order valence-corrected chi connectivity index (χ2v) is 4.46. The van der Waals surface area contributed by atoms with E-state index in [1.165, 1.54) is 0 Å². The first-order chi connectivity index (χ1) is 6.22. The minimum atomic E-state index is -0.775. The predicted octanol–water partition coefficient (Wildman–Crippen LogP) is 0.990. The molecule has 1 atom stereocenters. The Morgan fingerprint density at radius 1 is 1.36 bits per heavy atom. The summed E-state index contributed by atoms with van der Waals surface area (Å²) >= 11 is 0. The monoisotopic (exact) mass is 204 g/mol. The van der Waals surface area contributed by atoms with Gasteiger partial charge < -0.3 is 9.84 Å². The molecule has 0 saturated heterocycles. The molecule has 5 heteroatoms. The lowest BCUT2D eigenvalue weighted by molar-refractivity contribution is 0.0320. The van der Waals surface area contributed by atoms with E-state index in [2.05, 4.69) is 10.9 Å². The zero-order chi connectivity index (χ0) is 11.4. The maximum Gasteiger partial charge on any atom is 0.422 e. The summed E-state index contributed by atoms with van der Waals surface area (Å²) in [5.41, 5.74) is 4.16. The van der Waals surface area contributed by atoms with Gasteiger partial charge in [0.15, 0.2) is 0 Å². The van der Waals surface area contributed by atoms with Crippen LogP contribution in [0.1, 0.15) is 34.6 Å². The highest BCUT2D eigenvalue weighted by Crippen LogP contribution is 2.06. The molecule has 5 nitrogen and oxygen atoms in total. The van der Waals surface area contributed by atoms with Gasteiger partial charge in [-0.25, -0.2) is 10.2 Å². The molecule has 0 fully saturated rings. The van der Waals surface area contributed by atoms with Gasteiger partial charge in [0.1, 0.15) is 11.8 Å². The number of carbonyl (C=O) groups is 1. The Kier molecular flexibility index (Phi) is 4.87. The molecule has 0 saturated carbocycles. The van der Waals surface area contributed by atoms with Crippen molar-refractivity contribution < 1.29 is 14.6 Å². The van der Waals surface area contributed by atoms with E-state index < -0.39 is 17.9 Å². The fourth-order valence-electron chi connectivity index (χ4n) is 0.603. The largest absolute Gasteiger partial charge is 0.443 e. The Hall–Kier alpha value is -0.810. The van der Waals surface area contributed by atoms with Crippen LogP contribution in [0.4, 0.5) is 4.79 Å². The van der Waals surface area contributed by atoms with Gasteiger partial charge >= 0.3 is 6.09 Å². The molecule has 0 aromatic heterocycles. The molecule has 0 aliphatic heterocycles. The summed E-state index contributed by atoms with van der Waals surface area (Å²) in [6.07, 6.45) is -1.38. The highest BCUT2D eigenvalue weighted by Gasteiger charge is 2.17. The number of hydrogen-bond donors (Lipinski definition) is 3. The van der Waals surface area contributed by atoms with Crippen LogP contribution in [-0.4, -0.2) is 23.0 Å². The van der Waals surface area contributed by atoms with Crippen LogP contribution in [0.2, 0.25) is 0 Å². The van der Waals surface area contributed by atoms with Crippen molar-refractivity contribution >= 4 is 6.09 Å². The molecule has 0 spiro atoms. The van der Waals surface area contributed by atoms with Gasteiger partial charge in [-0.2, -0.15) is 0 Å². The first-order valence-electron chi connectivity index (χ1n) is 4.65. The molecule has 0 heterocycles. The van der Waals surface area contributed by atoms with Gasteiger partial charge in [-0.15, -0.1) is 0 Å². The highest BCUT2D eigenvalue weighted by molar-refractivity contribution is 5.66. The fourth-order valence-corrected chi connectivity index (χ4v) is 0.603. The van der Waals surface area contributed by atoms with Crippen molar-refractivity contribution in [1.82, 2.24) is 10.9 Å². The molecule has 0 radical (unpaired) electrons. The second kappa shape index (κ2) is 5.17. The van der Waals surface area contributed by atoms with E-state index in [4.69, 9.17) is 4.74 Å². The molecule has 0 aliphatic carbocycles. The molecular weight excluding hydrogens is 184 g/mol. The minimum Gasteiger partial charge on any atom is -0.443 e. The topological polar surface area (TPSA) is 70.6 Å². The Balaban J connectivity index is 3.75. The Morgan fingerprint density at radius 3 is 2.21 bits per heavy atom. The maximum atomic E-state index is 11.1. The molecule has 1 amide bonds. The highest BCUT2D eigenvalue weighted by atomic mass is 16.6. The van der Waals surface area contributed by atoms with Crippen LogP contribution in [-0.2, 0) is 4.74 Å².